The quantitative estimate of drug-likeness (QED) is 0.856. The van der Waals surface area contributed by atoms with E-state index in [1.165, 1.54) is 44.1 Å². The van der Waals surface area contributed by atoms with Crippen molar-refractivity contribution in [2.45, 2.75) is 51.0 Å². The zero-order valence-electron chi connectivity index (χ0n) is 12.6. The lowest BCUT2D eigenvalue weighted by molar-refractivity contribution is 0.0549. The van der Waals surface area contributed by atoms with Crippen molar-refractivity contribution in [3.05, 3.63) is 29.3 Å². The zero-order chi connectivity index (χ0) is 14.2. The van der Waals surface area contributed by atoms with E-state index in [0.29, 0.717) is 6.04 Å². The van der Waals surface area contributed by atoms with Crippen LogP contribution in [0.4, 0.5) is 5.69 Å². The minimum atomic E-state index is 0.262. The Morgan fingerprint density at radius 3 is 3.00 bits per heavy atom. The fraction of sp³-hybridized carbons (Fsp3) is 0.611. The second-order valence-electron chi connectivity index (χ2n) is 6.77. The third-order valence-corrected chi connectivity index (χ3v) is 5.56. The topological polar surface area (TPSA) is 32.3 Å². The predicted octanol–water partition coefficient (Wildman–Crippen LogP) is 3.45. The lowest BCUT2D eigenvalue weighted by Gasteiger charge is -2.38. The molecule has 1 aromatic carbocycles. The zero-order valence-corrected chi connectivity index (χ0v) is 12.6. The maximum Gasteiger partial charge on any atom is 0.256 e. The van der Waals surface area contributed by atoms with E-state index in [2.05, 4.69) is 22.3 Å². The van der Waals surface area contributed by atoms with Crippen molar-refractivity contribution < 1.29 is 4.79 Å². The summed E-state index contributed by atoms with van der Waals surface area (Å²) in [7, 11) is 0. The Hall–Kier alpha value is -1.51. The van der Waals surface area contributed by atoms with Crippen molar-refractivity contribution in [1.82, 2.24) is 4.90 Å². The fourth-order valence-corrected chi connectivity index (χ4v) is 4.55. The SMILES string of the molecule is O=C(c1cccc2c1NCCC2)N1CCCC2CCCC21. The van der Waals surface area contributed by atoms with Gasteiger partial charge in [-0.2, -0.15) is 0 Å². The average molecular weight is 284 g/mol. The van der Waals surface area contributed by atoms with Gasteiger partial charge in [-0.1, -0.05) is 18.6 Å². The van der Waals surface area contributed by atoms with Gasteiger partial charge in [0, 0.05) is 19.1 Å². The van der Waals surface area contributed by atoms with E-state index in [0.717, 1.165) is 36.7 Å². The van der Waals surface area contributed by atoms with E-state index in [-0.39, 0.29) is 5.91 Å². The maximum absolute atomic E-state index is 13.1. The van der Waals surface area contributed by atoms with Crippen molar-refractivity contribution >= 4 is 11.6 Å². The Morgan fingerprint density at radius 2 is 2.05 bits per heavy atom. The predicted molar refractivity (Wildman–Crippen MR) is 84.7 cm³/mol. The minimum absolute atomic E-state index is 0.262. The number of amides is 1. The molecular formula is C18H24N2O. The molecule has 2 fully saturated rings. The van der Waals surface area contributed by atoms with Gasteiger partial charge >= 0.3 is 0 Å². The summed E-state index contributed by atoms with van der Waals surface area (Å²) in [6.45, 7) is 1.94. The molecule has 3 nitrogen and oxygen atoms in total. The number of hydrogen-bond donors (Lipinski definition) is 1. The highest BCUT2D eigenvalue weighted by atomic mass is 16.2. The first-order valence-electron chi connectivity index (χ1n) is 8.51. The van der Waals surface area contributed by atoms with Crippen molar-refractivity contribution in [1.29, 1.82) is 0 Å². The molecule has 1 aliphatic carbocycles. The van der Waals surface area contributed by atoms with Crippen LogP contribution in [-0.4, -0.2) is 29.9 Å². The molecule has 3 heteroatoms. The molecule has 1 saturated carbocycles. The van der Waals surface area contributed by atoms with E-state index in [9.17, 15) is 4.79 Å². The summed E-state index contributed by atoms with van der Waals surface area (Å²) in [6.07, 6.45) is 8.58. The van der Waals surface area contributed by atoms with Gasteiger partial charge in [0.05, 0.1) is 11.3 Å². The highest BCUT2D eigenvalue weighted by molar-refractivity contribution is 6.00. The first-order chi connectivity index (χ1) is 10.3. The highest BCUT2D eigenvalue weighted by Crippen LogP contribution is 2.38. The van der Waals surface area contributed by atoms with Crippen LogP contribution in [0.1, 0.15) is 54.4 Å². The van der Waals surface area contributed by atoms with E-state index in [1.807, 2.05) is 6.07 Å². The van der Waals surface area contributed by atoms with Crippen LogP contribution in [0.5, 0.6) is 0 Å². The summed E-state index contributed by atoms with van der Waals surface area (Å²) in [5.41, 5.74) is 3.32. The summed E-state index contributed by atoms with van der Waals surface area (Å²) in [6, 6.07) is 6.73. The lowest BCUT2D eigenvalue weighted by Crippen LogP contribution is -2.46. The molecule has 0 spiro atoms. The third-order valence-electron chi connectivity index (χ3n) is 5.56. The number of fused-ring (bicyclic) bond motifs is 2. The molecule has 1 saturated heterocycles. The number of nitrogens with zero attached hydrogens (tertiary/aromatic N) is 1. The Labute approximate surface area is 126 Å². The summed E-state index contributed by atoms with van der Waals surface area (Å²) >= 11 is 0. The van der Waals surface area contributed by atoms with Gasteiger partial charge < -0.3 is 10.2 Å². The van der Waals surface area contributed by atoms with E-state index in [1.54, 1.807) is 0 Å². The summed E-state index contributed by atoms with van der Waals surface area (Å²) in [5.74, 6) is 1.02. The van der Waals surface area contributed by atoms with Crippen LogP contribution >= 0.6 is 0 Å². The molecule has 2 atom stereocenters. The van der Waals surface area contributed by atoms with Crippen molar-refractivity contribution in [3.8, 4) is 0 Å². The molecule has 1 amide bonds. The number of piperidine rings is 1. The Morgan fingerprint density at radius 1 is 1.14 bits per heavy atom. The number of hydrogen-bond acceptors (Lipinski definition) is 2. The van der Waals surface area contributed by atoms with Gasteiger partial charge in [-0.05, 0) is 56.1 Å². The standard InChI is InChI=1S/C18H24N2O/c21-18(20-12-4-8-13-5-2-10-16(13)20)15-9-1-6-14-7-3-11-19-17(14)15/h1,6,9,13,16,19H,2-5,7-8,10-12H2. The van der Waals surface area contributed by atoms with Gasteiger partial charge in [-0.15, -0.1) is 0 Å². The third kappa shape index (κ3) is 2.23. The second-order valence-corrected chi connectivity index (χ2v) is 6.77. The van der Waals surface area contributed by atoms with Crippen LogP contribution in [0.25, 0.3) is 0 Å². The smallest absolute Gasteiger partial charge is 0.256 e. The number of aryl methyl sites for hydroxylation is 1. The fourth-order valence-electron chi connectivity index (χ4n) is 4.55. The van der Waals surface area contributed by atoms with Gasteiger partial charge in [-0.25, -0.2) is 0 Å². The highest BCUT2D eigenvalue weighted by Gasteiger charge is 2.38. The molecule has 2 aliphatic heterocycles. The van der Waals surface area contributed by atoms with Crippen LogP contribution in [0.15, 0.2) is 18.2 Å². The van der Waals surface area contributed by atoms with Crippen molar-refractivity contribution in [2.75, 3.05) is 18.4 Å². The van der Waals surface area contributed by atoms with Crippen LogP contribution in [0, 0.1) is 5.92 Å². The summed E-state index contributed by atoms with van der Waals surface area (Å²) < 4.78 is 0. The lowest BCUT2D eigenvalue weighted by atomic mass is 9.90. The molecule has 4 rings (SSSR count). The molecule has 1 aromatic rings. The number of carbonyl (C=O) groups is 1. The van der Waals surface area contributed by atoms with Crippen LogP contribution in [0.3, 0.4) is 0 Å². The second kappa shape index (κ2) is 5.36. The summed E-state index contributed by atoms with van der Waals surface area (Å²) in [4.78, 5) is 15.3. The summed E-state index contributed by atoms with van der Waals surface area (Å²) in [5, 5.41) is 3.46. The molecule has 0 aromatic heterocycles. The van der Waals surface area contributed by atoms with Gasteiger partial charge in [0.2, 0.25) is 0 Å². The van der Waals surface area contributed by atoms with Crippen LogP contribution < -0.4 is 5.32 Å². The number of benzene rings is 1. The normalized spacial score (nSPS) is 27.7. The number of anilines is 1. The first-order valence-corrected chi connectivity index (χ1v) is 8.51. The van der Waals surface area contributed by atoms with Gasteiger partial charge in [0.25, 0.3) is 5.91 Å². The molecule has 112 valence electrons. The minimum Gasteiger partial charge on any atom is -0.384 e. The molecular weight excluding hydrogens is 260 g/mol. The molecule has 2 heterocycles. The van der Waals surface area contributed by atoms with E-state index < -0.39 is 0 Å². The Kier molecular flexibility index (Phi) is 3.36. The molecule has 21 heavy (non-hydrogen) atoms. The molecule has 3 aliphatic rings. The van der Waals surface area contributed by atoms with Gasteiger partial charge in [0.15, 0.2) is 0 Å². The first kappa shape index (κ1) is 13.2. The van der Waals surface area contributed by atoms with Crippen LogP contribution in [0.2, 0.25) is 0 Å². The number of nitrogens with one attached hydrogen (secondary N) is 1. The molecule has 1 N–H and O–H groups in total. The maximum atomic E-state index is 13.1. The van der Waals surface area contributed by atoms with Crippen molar-refractivity contribution in [2.24, 2.45) is 5.92 Å². The van der Waals surface area contributed by atoms with E-state index in [4.69, 9.17) is 0 Å². The monoisotopic (exact) mass is 284 g/mol. The Balaban J connectivity index is 1.65. The largest absolute Gasteiger partial charge is 0.384 e. The average Bonchev–Trinajstić information content (AvgIpc) is 3.02. The number of likely N-dealkylation sites (tertiary alicyclic amines) is 1. The van der Waals surface area contributed by atoms with Crippen LogP contribution in [-0.2, 0) is 6.42 Å². The molecule has 2 unspecified atom stereocenters. The molecule has 0 bridgehead atoms. The number of rotatable bonds is 1. The van der Waals surface area contributed by atoms with E-state index >= 15 is 0 Å². The number of para-hydroxylation sites is 1. The number of carbonyl (C=O) groups excluding carboxylic acids is 1. The van der Waals surface area contributed by atoms with Gasteiger partial charge in [0.1, 0.15) is 0 Å². The van der Waals surface area contributed by atoms with Gasteiger partial charge in [-0.3, -0.25) is 4.79 Å². The van der Waals surface area contributed by atoms with Crippen molar-refractivity contribution in [3.63, 3.8) is 0 Å². The molecule has 0 radical (unpaired) electrons. The Bertz CT molecular complexity index is 554.